The lowest BCUT2D eigenvalue weighted by Gasteiger charge is -2.22. The number of aryl methyl sites for hydroxylation is 1. The Labute approximate surface area is 177 Å². The minimum Gasteiger partial charge on any atom is -0.474 e. The van der Waals surface area contributed by atoms with Crippen LogP contribution in [0.3, 0.4) is 0 Å². The number of hydrogen-bond donors (Lipinski definition) is 2. The van der Waals surface area contributed by atoms with Crippen molar-refractivity contribution in [3.63, 3.8) is 0 Å². The van der Waals surface area contributed by atoms with Gasteiger partial charge in [-0.1, -0.05) is 13.3 Å². The van der Waals surface area contributed by atoms with Gasteiger partial charge in [-0.15, -0.1) is 11.3 Å². The van der Waals surface area contributed by atoms with Crippen LogP contribution in [0.2, 0.25) is 0 Å². The summed E-state index contributed by atoms with van der Waals surface area (Å²) in [6, 6.07) is 0. The molecule has 1 saturated heterocycles. The van der Waals surface area contributed by atoms with E-state index in [2.05, 4.69) is 27.9 Å². The molecule has 5 rings (SSSR count). The van der Waals surface area contributed by atoms with Gasteiger partial charge in [0.2, 0.25) is 11.8 Å². The van der Waals surface area contributed by atoms with Crippen LogP contribution in [0.1, 0.15) is 81.6 Å². The number of hydrogen-bond acceptors (Lipinski definition) is 6. The second-order valence-electron chi connectivity index (χ2n) is 8.18. The van der Waals surface area contributed by atoms with Crippen LogP contribution in [0.15, 0.2) is 6.33 Å². The first-order valence-corrected chi connectivity index (χ1v) is 11.8. The molecule has 2 aromatic heterocycles. The second-order valence-corrected chi connectivity index (χ2v) is 9.27. The van der Waals surface area contributed by atoms with Crippen molar-refractivity contribution in [2.75, 3.05) is 13.1 Å². The van der Waals surface area contributed by atoms with Gasteiger partial charge in [0.15, 0.2) is 0 Å². The molecular formula is C22H34N4O2S. The van der Waals surface area contributed by atoms with E-state index in [0.29, 0.717) is 12.0 Å². The molecule has 1 amide bonds. The van der Waals surface area contributed by atoms with E-state index in [-0.39, 0.29) is 5.91 Å². The molecule has 0 spiro atoms. The lowest BCUT2D eigenvalue weighted by molar-refractivity contribution is -0.115. The molecule has 3 heterocycles. The molecule has 0 bridgehead atoms. The molecule has 6 nitrogen and oxygen atoms in total. The highest BCUT2D eigenvalue weighted by Crippen LogP contribution is 2.45. The van der Waals surface area contributed by atoms with Crippen molar-refractivity contribution in [2.45, 2.75) is 83.7 Å². The zero-order chi connectivity index (χ0) is 20.6. The fourth-order valence-corrected chi connectivity index (χ4v) is 5.49. The van der Waals surface area contributed by atoms with E-state index in [9.17, 15) is 4.79 Å². The molecule has 2 aliphatic carbocycles. The minimum atomic E-state index is -0.333. The first kappa shape index (κ1) is 22.0. The third-order valence-electron chi connectivity index (χ3n) is 5.65. The van der Waals surface area contributed by atoms with E-state index in [1.165, 1.54) is 93.6 Å². The van der Waals surface area contributed by atoms with Crippen molar-refractivity contribution < 1.29 is 9.53 Å². The van der Waals surface area contributed by atoms with Gasteiger partial charge < -0.3 is 15.8 Å². The standard InChI is InChI=1S/C16H20N2OS.C4H9N.C2H5NO/c1-10-7-8-12-13(10)14-15(17-9-18-16(14)20-12)19-11-5-3-2-4-6-11;1-2-4-5-3-1;1-2(3)4/h9-11H,2-8H2,1H3;5H,1-4H2;1H3,(H2,3,4). The summed E-state index contributed by atoms with van der Waals surface area (Å²) in [7, 11) is 0. The van der Waals surface area contributed by atoms with Gasteiger partial charge in [0.05, 0.1) is 5.39 Å². The SMILES string of the molecule is C1CCNC1.CC(N)=O.CC1CCc2sc3ncnc(OC4CCCCC4)c3c21. The lowest BCUT2D eigenvalue weighted by atomic mass is 9.98. The van der Waals surface area contributed by atoms with Gasteiger partial charge in [-0.3, -0.25) is 4.79 Å². The monoisotopic (exact) mass is 418 g/mol. The van der Waals surface area contributed by atoms with Crippen LogP contribution in [-0.2, 0) is 11.2 Å². The molecule has 1 aliphatic heterocycles. The Morgan fingerprint density at radius 2 is 1.83 bits per heavy atom. The molecule has 3 aliphatic rings. The highest BCUT2D eigenvalue weighted by molar-refractivity contribution is 7.19. The number of nitrogens with two attached hydrogens (primary N) is 1. The number of primary amides is 1. The van der Waals surface area contributed by atoms with Crippen LogP contribution in [-0.4, -0.2) is 35.1 Å². The third kappa shape index (κ3) is 6.12. The number of carbonyl (C=O) groups excluding carboxylic acids is 1. The predicted molar refractivity (Wildman–Crippen MR) is 119 cm³/mol. The van der Waals surface area contributed by atoms with Gasteiger partial charge in [-0.2, -0.15) is 0 Å². The first-order chi connectivity index (χ1) is 14.1. The summed E-state index contributed by atoms with van der Waals surface area (Å²) in [5.74, 6) is 1.13. The normalized spacial score (nSPS) is 21.0. The van der Waals surface area contributed by atoms with Crippen LogP contribution in [0.25, 0.3) is 10.2 Å². The Bertz CT molecular complexity index is 786. The van der Waals surface area contributed by atoms with E-state index >= 15 is 0 Å². The van der Waals surface area contributed by atoms with Gasteiger partial charge in [0.25, 0.3) is 0 Å². The molecule has 29 heavy (non-hydrogen) atoms. The average Bonchev–Trinajstić information content (AvgIpc) is 3.43. The van der Waals surface area contributed by atoms with Crippen LogP contribution in [0, 0.1) is 0 Å². The topological polar surface area (TPSA) is 90.1 Å². The van der Waals surface area contributed by atoms with Crippen molar-refractivity contribution in [1.29, 1.82) is 0 Å². The summed E-state index contributed by atoms with van der Waals surface area (Å²) in [6.07, 6.45) is 13.5. The predicted octanol–water partition coefficient (Wildman–Crippen LogP) is 4.31. The average molecular weight is 419 g/mol. The van der Waals surface area contributed by atoms with E-state index in [1.54, 1.807) is 6.33 Å². The van der Waals surface area contributed by atoms with Gasteiger partial charge in [-0.25, -0.2) is 9.97 Å². The molecule has 3 N–H and O–H groups in total. The molecule has 1 unspecified atom stereocenters. The number of rotatable bonds is 2. The molecule has 7 heteroatoms. The Balaban J connectivity index is 0.000000224. The van der Waals surface area contributed by atoms with E-state index in [4.69, 9.17) is 4.74 Å². The Hall–Kier alpha value is -1.73. The van der Waals surface area contributed by atoms with Crippen LogP contribution >= 0.6 is 11.3 Å². The largest absolute Gasteiger partial charge is 0.474 e. The summed E-state index contributed by atoms with van der Waals surface area (Å²) in [5.41, 5.74) is 5.94. The highest BCUT2D eigenvalue weighted by Gasteiger charge is 2.28. The molecule has 2 aromatic rings. The molecule has 1 atom stereocenters. The minimum absolute atomic E-state index is 0.333. The number of nitrogens with zero attached hydrogens (tertiary/aromatic N) is 2. The van der Waals surface area contributed by atoms with Crippen molar-refractivity contribution in [2.24, 2.45) is 5.73 Å². The first-order valence-electron chi connectivity index (χ1n) is 11.0. The Morgan fingerprint density at radius 3 is 2.45 bits per heavy atom. The second kappa shape index (κ2) is 10.9. The van der Waals surface area contributed by atoms with Gasteiger partial charge in [0, 0.05) is 11.8 Å². The fraction of sp³-hybridized carbons (Fsp3) is 0.682. The molecule has 1 saturated carbocycles. The maximum Gasteiger partial charge on any atom is 0.225 e. The van der Waals surface area contributed by atoms with Crippen molar-refractivity contribution >= 4 is 27.5 Å². The third-order valence-corrected chi connectivity index (χ3v) is 6.83. The summed E-state index contributed by atoms with van der Waals surface area (Å²) in [5, 5.41) is 4.43. The van der Waals surface area contributed by atoms with Crippen LogP contribution in [0.4, 0.5) is 0 Å². The van der Waals surface area contributed by atoms with Crippen molar-refractivity contribution in [3.8, 4) is 5.88 Å². The van der Waals surface area contributed by atoms with Gasteiger partial charge in [-0.05, 0) is 75.9 Å². The Morgan fingerprint density at radius 1 is 1.14 bits per heavy atom. The maximum atomic E-state index is 9.22. The molecule has 160 valence electrons. The summed E-state index contributed by atoms with van der Waals surface area (Å²) < 4.78 is 6.26. The van der Waals surface area contributed by atoms with Crippen LogP contribution < -0.4 is 15.8 Å². The van der Waals surface area contributed by atoms with Crippen LogP contribution in [0.5, 0.6) is 5.88 Å². The maximum absolute atomic E-state index is 9.22. The summed E-state index contributed by atoms with van der Waals surface area (Å²) in [4.78, 5) is 20.8. The molecule has 2 fully saturated rings. The highest BCUT2D eigenvalue weighted by atomic mass is 32.1. The number of ether oxygens (including phenoxy) is 1. The van der Waals surface area contributed by atoms with Crippen molar-refractivity contribution in [3.05, 3.63) is 16.8 Å². The van der Waals surface area contributed by atoms with E-state index in [1.807, 2.05) is 11.3 Å². The van der Waals surface area contributed by atoms with Gasteiger partial charge in [0.1, 0.15) is 17.3 Å². The number of nitrogens with one attached hydrogen (secondary N) is 1. The van der Waals surface area contributed by atoms with Crippen molar-refractivity contribution in [1.82, 2.24) is 15.3 Å². The number of carbonyl (C=O) groups is 1. The summed E-state index contributed by atoms with van der Waals surface area (Å²) >= 11 is 1.84. The number of thiophene rings is 1. The van der Waals surface area contributed by atoms with Gasteiger partial charge >= 0.3 is 0 Å². The van der Waals surface area contributed by atoms with E-state index < -0.39 is 0 Å². The number of aromatic nitrogens is 2. The molecular weight excluding hydrogens is 384 g/mol. The smallest absolute Gasteiger partial charge is 0.225 e. The number of fused-ring (bicyclic) bond motifs is 3. The lowest BCUT2D eigenvalue weighted by Crippen LogP contribution is -2.20. The summed E-state index contributed by atoms with van der Waals surface area (Å²) in [6.45, 7) is 6.12. The number of amides is 1. The zero-order valence-corrected chi connectivity index (χ0v) is 18.5. The fourth-order valence-electron chi connectivity index (χ4n) is 4.23. The quantitative estimate of drug-likeness (QED) is 0.758. The molecule has 0 radical (unpaired) electrons. The Kier molecular flexibility index (Phi) is 8.24. The molecule has 0 aromatic carbocycles. The zero-order valence-electron chi connectivity index (χ0n) is 17.7. The van der Waals surface area contributed by atoms with E-state index in [0.717, 1.165) is 10.7 Å².